The lowest BCUT2D eigenvalue weighted by atomic mass is 10.2. The van der Waals surface area contributed by atoms with Crippen LogP contribution in [-0.2, 0) is 20.9 Å². The first-order chi connectivity index (χ1) is 12.1. The van der Waals surface area contributed by atoms with E-state index in [4.69, 9.17) is 9.47 Å². The van der Waals surface area contributed by atoms with E-state index < -0.39 is 29.8 Å². The number of halogens is 2. The molecule has 2 rings (SSSR count). The lowest BCUT2D eigenvalue weighted by molar-refractivity contribution is -0.120. The number of hydrogen-bond acceptors (Lipinski definition) is 5. The fraction of sp³-hybridized carbons (Fsp3) is 0.588. The highest BCUT2D eigenvalue weighted by atomic mass is 79.9. The van der Waals surface area contributed by atoms with Crippen LogP contribution in [0.25, 0.3) is 0 Å². The molecule has 7 nitrogen and oxygen atoms in total. The van der Waals surface area contributed by atoms with Gasteiger partial charge in [-0.1, -0.05) is 6.07 Å². The number of aromatic nitrogens is 1. The van der Waals surface area contributed by atoms with E-state index in [1.54, 1.807) is 32.9 Å². The lowest BCUT2D eigenvalue weighted by Gasteiger charge is -2.27. The van der Waals surface area contributed by atoms with E-state index in [-0.39, 0.29) is 19.6 Å². The number of hydrogen-bond donors (Lipinski definition) is 1. The monoisotopic (exact) mass is 431 g/mol. The SMILES string of the molecule is COCc1ccc(Br)nc1NC(=O)[C@@H]1C[C@@H](F)CN1C(=O)OC(C)(C)C. The minimum atomic E-state index is -1.29. The Balaban J connectivity index is 2.17. The fourth-order valence-electron chi connectivity index (χ4n) is 2.60. The molecule has 9 heteroatoms. The Bertz CT molecular complexity index is 680. The van der Waals surface area contributed by atoms with Gasteiger partial charge in [-0.05, 0) is 42.8 Å². The van der Waals surface area contributed by atoms with Gasteiger partial charge in [0.05, 0.1) is 13.2 Å². The Morgan fingerprint density at radius 2 is 2.12 bits per heavy atom. The second-order valence-corrected chi connectivity index (χ2v) is 7.86. The predicted octanol–water partition coefficient (Wildman–Crippen LogP) is 3.28. The van der Waals surface area contributed by atoms with Crippen LogP contribution in [0.3, 0.4) is 0 Å². The van der Waals surface area contributed by atoms with E-state index in [2.05, 4.69) is 26.2 Å². The number of rotatable bonds is 4. The van der Waals surface area contributed by atoms with Gasteiger partial charge in [-0.15, -0.1) is 0 Å². The molecule has 0 aliphatic carbocycles. The van der Waals surface area contributed by atoms with Gasteiger partial charge in [0, 0.05) is 19.1 Å². The van der Waals surface area contributed by atoms with E-state index in [1.165, 1.54) is 7.11 Å². The van der Waals surface area contributed by atoms with Crippen LogP contribution in [0.15, 0.2) is 16.7 Å². The van der Waals surface area contributed by atoms with Crippen molar-refractivity contribution in [1.29, 1.82) is 0 Å². The number of anilines is 1. The van der Waals surface area contributed by atoms with Crippen LogP contribution in [0.1, 0.15) is 32.8 Å². The summed E-state index contributed by atoms with van der Waals surface area (Å²) in [6, 6.07) is 2.52. The topological polar surface area (TPSA) is 80.8 Å². The highest BCUT2D eigenvalue weighted by Gasteiger charge is 2.42. The molecule has 0 bridgehead atoms. The third-order valence-electron chi connectivity index (χ3n) is 3.67. The highest BCUT2D eigenvalue weighted by molar-refractivity contribution is 9.10. The van der Waals surface area contributed by atoms with E-state index in [9.17, 15) is 14.0 Å². The van der Waals surface area contributed by atoms with Gasteiger partial charge in [0.2, 0.25) is 5.91 Å². The molecular formula is C17H23BrFN3O4. The Morgan fingerprint density at radius 1 is 1.42 bits per heavy atom. The van der Waals surface area contributed by atoms with E-state index in [1.807, 2.05) is 0 Å². The molecule has 0 unspecified atom stereocenters. The molecule has 0 spiro atoms. The standard InChI is InChI=1S/C17H23BrFN3O4/c1-17(2,3)26-16(24)22-8-11(19)7-12(22)15(23)21-14-10(9-25-4)5-6-13(18)20-14/h5-6,11-12H,7-9H2,1-4H3,(H,20,21,23)/t11-,12+/m1/s1. The number of likely N-dealkylation sites (tertiary alicyclic amines) is 1. The zero-order chi connectivity index (χ0) is 19.5. The van der Waals surface area contributed by atoms with Crippen molar-refractivity contribution in [3.05, 3.63) is 22.3 Å². The van der Waals surface area contributed by atoms with Crippen LogP contribution in [0.5, 0.6) is 0 Å². The molecule has 1 N–H and O–H groups in total. The largest absolute Gasteiger partial charge is 0.444 e. The van der Waals surface area contributed by atoms with Gasteiger partial charge in [-0.2, -0.15) is 0 Å². The van der Waals surface area contributed by atoms with Crippen molar-refractivity contribution >= 4 is 33.7 Å². The van der Waals surface area contributed by atoms with Gasteiger partial charge < -0.3 is 14.8 Å². The smallest absolute Gasteiger partial charge is 0.411 e. The number of nitrogens with zero attached hydrogens (tertiary/aromatic N) is 2. The van der Waals surface area contributed by atoms with Crippen molar-refractivity contribution in [3.63, 3.8) is 0 Å². The van der Waals surface area contributed by atoms with Gasteiger partial charge in [0.15, 0.2) is 0 Å². The number of alkyl halides is 1. The van der Waals surface area contributed by atoms with Gasteiger partial charge in [-0.3, -0.25) is 9.69 Å². The number of pyridine rings is 1. The number of nitrogens with one attached hydrogen (secondary N) is 1. The summed E-state index contributed by atoms with van der Waals surface area (Å²) in [5, 5.41) is 2.67. The second-order valence-electron chi connectivity index (χ2n) is 7.05. The number of amides is 2. The lowest BCUT2D eigenvalue weighted by Crippen LogP contribution is -2.45. The quantitative estimate of drug-likeness (QED) is 0.739. The Morgan fingerprint density at radius 3 is 2.73 bits per heavy atom. The van der Waals surface area contributed by atoms with Crippen molar-refractivity contribution in [1.82, 2.24) is 9.88 Å². The summed E-state index contributed by atoms with van der Waals surface area (Å²) in [5.41, 5.74) is -0.0630. The Labute approximate surface area is 160 Å². The molecule has 2 heterocycles. The summed E-state index contributed by atoms with van der Waals surface area (Å²) in [5.74, 6) is -0.211. The summed E-state index contributed by atoms with van der Waals surface area (Å²) in [6.45, 7) is 5.22. The van der Waals surface area contributed by atoms with Gasteiger partial charge >= 0.3 is 6.09 Å². The molecule has 0 saturated carbocycles. The average Bonchev–Trinajstić information content (AvgIpc) is 2.91. The first-order valence-corrected chi connectivity index (χ1v) is 8.99. The Kier molecular flexibility index (Phi) is 6.57. The van der Waals surface area contributed by atoms with Crippen LogP contribution >= 0.6 is 15.9 Å². The first kappa shape index (κ1) is 20.6. The van der Waals surface area contributed by atoms with Crippen LogP contribution in [0.4, 0.5) is 15.0 Å². The maximum atomic E-state index is 13.9. The first-order valence-electron chi connectivity index (χ1n) is 8.19. The van der Waals surface area contributed by atoms with Crippen molar-refractivity contribution in [3.8, 4) is 0 Å². The molecule has 0 radical (unpaired) electrons. The molecule has 1 fully saturated rings. The van der Waals surface area contributed by atoms with Crippen LogP contribution < -0.4 is 5.32 Å². The number of methoxy groups -OCH3 is 1. The number of ether oxygens (including phenoxy) is 2. The molecule has 1 aromatic heterocycles. The summed E-state index contributed by atoms with van der Waals surface area (Å²) in [6.07, 6.45) is -2.08. The van der Waals surface area contributed by atoms with Crippen molar-refractivity contribution in [2.24, 2.45) is 0 Å². The van der Waals surface area contributed by atoms with Crippen LogP contribution in [0, 0.1) is 0 Å². The summed E-state index contributed by atoms with van der Waals surface area (Å²) >= 11 is 3.25. The molecule has 26 heavy (non-hydrogen) atoms. The Hall–Kier alpha value is -1.74. The van der Waals surface area contributed by atoms with Crippen molar-refractivity contribution in [2.45, 2.75) is 51.6 Å². The average molecular weight is 432 g/mol. The molecular weight excluding hydrogens is 409 g/mol. The molecule has 144 valence electrons. The minimum absolute atomic E-state index is 0.0846. The summed E-state index contributed by atoms with van der Waals surface area (Å²) < 4.78 is 24.8. The third-order valence-corrected chi connectivity index (χ3v) is 4.11. The second kappa shape index (κ2) is 8.30. The van der Waals surface area contributed by atoms with Crippen LogP contribution in [0.2, 0.25) is 0 Å². The van der Waals surface area contributed by atoms with Crippen molar-refractivity contribution in [2.75, 3.05) is 19.0 Å². The van der Waals surface area contributed by atoms with E-state index >= 15 is 0 Å². The summed E-state index contributed by atoms with van der Waals surface area (Å²) in [4.78, 5) is 30.3. The van der Waals surface area contributed by atoms with Crippen LogP contribution in [-0.4, -0.2) is 53.4 Å². The van der Waals surface area contributed by atoms with E-state index in [0.717, 1.165) is 4.90 Å². The van der Waals surface area contributed by atoms with E-state index in [0.29, 0.717) is 16.0 Å². The highest BCUT2D eigenvalue weighted by Crippen LogP contribution is 2.25. The molecule has 1 saturated heterocycles. The number of carbonyl (C=O) groups is 2. The summed E-state index contributed by atoms with van der Waals surface area (Å²) in [7, 11) is 1.53. The predicted molar refractivity (Wildman–Crippen MR) is 97.5 cm³/mol. The maximum absolute atomic E-state index is 13.9. The number of carbonyl (C=O) groups excluding carboxylic acids is 2. The normalized spacial score (nSPS) is 20.2. The minimum Gasteiger partial charge on any atom is -0.444 e. The zero-order valence-electron chi connectivity index (χ0n) is 15.2. The van der Waals surface area contributed by atoms with Crippen molar-refractivity contribution < 1.29 is 23.5 Å². The third kappa shape index (κ3) is 5.38. The molecule has 1 aliphatic heterocycles. The molecule has 1 aromatic rings. The van der Waals surface area contributed by atoms with Gasteiger partial charge in [0.1, 0.15) is 28.2 Å². The zero-order valence-corrected chi connectivity index (χ0v) is 16.8. The molecule has 2 amide bonds. The van der Waals surface area contributed by atoms with Gasteiger partial charge in [-0.25, -0.2) is 14.2 Å². The van der Waals surface area contributed by atoms with Gasteiger partial charge in [0.25, 0.3) is 0 Å². The molecule has 1 aliphatic rings. The fourth-order valence-corrected chi connectivity index (χ4v) is 2.91. The molecule has 0 aromatic carbocycles. The molecule has 2 atom stereocenters. The maximum Gasteiger partial charge on any atom is 0.411 e.